The van der Waals surface area contributed by atoms with E-state index in [0.29, 0.717) is 6.54 Å². The lowest BCUT2D eigenvalue weighted by Gasteiger charge is -2.33. The Balaban J connectivity index is 2.12. The predicted molar refractivity (Wildman–Crippen MR) is 83.0 cm³/mol. The third-order valence-electron chi connectivity index (χ3n) is 3.66. The third kappa shape index (κ3) is 3.46. The third-order valence-corrected chi connectivity index (χ3v) is 4.73. The zero-order valence-electron chi connectivity index (χ0n) is 12.0. The largest absolute Gasteiger partial charge is 0.508 e. The van der Waals surface area contributed by atoms with Crippen LogP contribution in [0.25, 0.3) is 0 Å². The number of aromatic hydroxyl groups is 1. The van der Waals surface area contributed by atoms with Crippen LogP contribution in [0.5, 0.6) is 5.75 Å². The van der Waals surface area contributed by atoms with Gasteiger partial charge in [0.05, 0.1) is 12.1 Å². The van der Waals surface area contributed by atoms with Crippen LogP contribution in [0.3, 0.4) is 0 Å². The van der Waals surface area contributed by atoms with Crippen LogP contribution in [-0.2, 0) is 4.79 Å². The van der Waals surface area contributed by atoms with Gasteiger partial charge in [0, 0.05) is 24.6 Å². The molecule has 1 fully saturated rings. The summed E-state index contributed by atoms with van der Waals surface area (Å²) in [6.07, 6.45) is 0. The minimum absolute atomic E-state index is 0.0340. The number of nitrogens with one attached hydrogen (secondary N) is 1. The van der Waals surface area contributed by atoms with Crippen LogP contribution >= 0.6 is 11.8 Å². The smallest absolute Gasteiger partial charge is 0.241 e. The number of rotatable bonds is 4. The van der Waals surface area contributed by atoms with Crippen LogP contribution < -0.4 is 5.32 Å². The Morgan fingerprint density at radius 3 is 3.00 bits per heavy atom. The molecule has 4 nitrogen and oxygen atoms in total. The van der Waals surface area contributed by atoms with Crippen molar-refractivity contribution in [1.29, 1.82) is 0 Å². The molecule has 1 aliphatic rings. The fourth-order valence-corrected chi connectivity index (χ4v) is 3.43. The van der Waals surface area contributed by atoms with Crippen molar-refractivity contribution in [2.24, 2.45) is 0 Å². The van der Waals surface area contributed by atoms with Crippen LogP contribution in [0.15, 0.2) is 24.3 Å². The van der Waals surface area contributed by atoms with E-state index in [0.717, 1.165) is 23.6 Å². The first-order valence-corrected chi connectivity index (χ1v) is 8.19. The van der Waals surface area contributed by atoms with Gasteiger partial charge in [0.25, 0.3) is 0 Å². The maximum atomic E-state index is 12.6. The topological polar surface area (TPSA) is 52.6 Å². The highest BCUT2D eigenvalue weighted by molar-refractivity contribution is 7.99. The molecule has 1 heterocycles. The molecule has 1 aliphatic heterocycles. The van der Waals surface area contributed by atoms with Gasteiger partial charge in [-0.05, 0) is 31.5 Å². The molecule has 5 heteroatoms. The molecule has 2 atom stereocenters. The van der Waals surface area contributed by atoms with Gasteiger partial charge >= 0.3 is 0 Å². The summed E-state index contributed by atoms with van der Waals surface area (Å²) in [5, 5.41) is 12.9. The SMILES string of the molecule is CCN(C(=O)C1CSCCN1)C(C)c1cccc(O)c1. The van der Waals surface area contributed by atoms with E-state index in [1.165, 1.54) is 0 Å². The molecule has 0 bridgehead atoms. The lowest BCUT2D eigenvalue weighted by molar-refractivity contribution is -0.134. The Labute approximate surface area is 124 Å². The summed E-state index contributed by atoms with van der Waals surface area (Å²) >= 11 is 1.82. The minimum Gasteiger partial charge on any atom is -0.508 e. The minimum atomic E-state index is -0.0894. The predicted octanol–water partition coefficient (Wildman–Crippen LogP) is 2.01. The van der Waals surface area contributed by atoms with E-state index in [1.54, 1.807) is 12.1 Å². The van der Waals surface area contributed by atoms with E-state index in [4.69, 9.17) is 0 Å². The first kappa shape index (κ1) is 15.2. The van der Waals surface area contributed by atoms with Crippen LogP contribution in [0.4, 0.5) is 0 Å². The lowest BCUT2D eigenvalue weighted by atomic mass is 10.1. The number of carbonyl (C=O) groups excluding carboxylic acids is 1. The number of hydrogen-bond donors (Lipinski definition) is 2. The van der Waals surface area contributed by atoms with Gasteiger partial charge in [0.15, 0.2) is 0 Å². The summed E-state index contributed by atoms with van der Waals surface area (Å²) in [5.41, 5.74) is 0.962. The van der Waals surface area contributed by atoms with Crippen molar-refractivity contribution >= 4 is 17.7 Å². The Morgan fingerprint density at radius 2 is 2.40 bits per heavy atom. The highest BCUT2D eigenvalue weighted by atomic mass is 32.2. The van der Waals surface area contributed by atoms with Crippen LogP contribution in [0.2, 0.25) is 0 Å². The molecule has 0 spiro atoms. The van der Waals surface area contributed by atoms with Gasteiger partial charge in [-0.15, -0.1) is 0 Å². The van der Waals surface area contributed by atoms with E-state index in [9.17, 15) is 9.90 Å². The van der Waals surface area contributed by atoms with Gasteiger partial charge in [0.2, 0.25) is 5.91 Å². The van der Waals surface area contributed by atoms with Crippen LogP contribution in [-0.4, -0.2) is 46.6 Å². The van der Waals surface area contributed by atoms with Crippen molar-refractivity contribution in [2.45, 2.75) is 25.9 Å². The Bertz CT molecular complexity index is 461. The second-order valence-electron chi connectivity index (χ2n) is 4.98. The molecule has 0 radical (unpaired) electrons. The van der Waals surface area contributed by atoms with Crippen molar-refractivity contribution in [3.05, 3.63) is 29.8 Å². The van der Waals surface area contributed by atoms with E-state index in [-0.39, 0.29) is 23.7 Å². The van der Waals surface area contributed by atoms with Gasteiger partial charge in [-0.25, -0.2) is 0 Å². The number of phenolic OH excluding ortho intramolecular Hbond substituents is 1. The lowest BCUT2D eigenvalue weighted by Crippen LogP contribution is -2.51. The molecule has 2 unspecified atom stereocenters. The fourth-order valence-electron chi connectivity index (χ4n) is 2.51. The van der Waals surface area contributed by atoms with Crippen LogP contribution in [0, 0.1) is 0 Å². The highest BCUT2D eigenvalue weighted by Gasteiger charge is 2.28. The fraction of sp³-hybridized carbons (Fsp3) is 0.533. The summed E-state index contributed by atoms with van der Waals surface area (Å²) in [6, 6.07) is 7.01. The van der Waals surface area contributed by atoms with Gasteiger partial charge < -0.3 is 15.3 Å². The number of amides is 1. The summed E-state index contributed by atoms with van der Waals surface area (Å²) in [4.78, 5) is 14.5. The van der Waals surface area contributed by atoms with Crippen LogP contribution in [0.1, 0.15) is 25.5 Å². The average molecular weight is 294 g/mol. The molecule has 1 amide bonds. The second kappa shape index (κ2) is 6.99. The Kier molecular flexibility index (Phi) is 5.31. The highest BCUT2D eigenvalue weighted by Crippen LogP contribution is 2.24. The normalized spacial score (nSPS) is 20.4. The van der Waals surface area contributed by atoms with E-state index < -0.39 is 0 Å². The van der Waals surface area contributed by atoms with E-state index in [2.05, 4.69) is 5.32 Å². The quantitative estimate of drug-likeness (QED) is 0.892. The summed E-state index contributed by atoms with van der Waals surface area (Å²) in [6.45, 7) is 5.55. The molecule has 2 N–H and O–H groups in total. The molecule has 110 valence electrons. The molecule has 2 rings (SSSR count). The molecule has 20 heavy (non-hydrogen) atoms. The van der Waals surface area contributed by atoms with E-state index in [1.807, 2.05) is 42.6 Å². The van der Waals surface area contributed by atoms with Gasteiger partial charge in [-0.2, -0.15) is 11.8 Å². The number of benzene rings is 1. The first-order chi connectivity index (χ1) is 9.63. The van der Waals surface area contributed by atoms with Crippen molar-refractivity contribution in [1.82, 2.24) is 10.2 Å². The number of phenols is 1. The van der Waals surface area contributed by atoms with Crippen molar-refractivity contribution in [2.75, 3.05) is 24.6 Å². The summed E-state index contributed by atoms with van der Waals surface area (Å²) < 4.78 is 0. The number of carbonyl (C=O) groups is 1. The van der Waals surface area contributed by atoms with Gasteiger partial charge in [-0.1, -0.05) is 12.1 Å². The van der Waals surface area contributed by atoms with Crippen molar-refractivity contribution in [3.63, 3.8) is 0 Å². The Hall–Kier alpha value is -1.20. The molecule has 1 aromatic carbocycles. The number of nitrogens with zero attached hydrogens (tertiary/aromatic N) is 1. The Morgan fingerprint density at radius 1 is 1.60 bits per heavy atom. The molecule has 0 aromatic heterocycles. The average Bonchev–Trinajstić information content (AvgIpc) is 2.48. The number of thioether (sulfide) groups is 1. The molecule has 1 aromatic rings. The standard InChI is InChI=1S/C15H22N2O2S/c1-3-17(15(19)14-10-20-8-7-16-14)11(2)12-5-4-6-13(18)9-12/h4-6,9,11,14,16,18H,3,7-8,10H2,1-2H3. The van der Waals surface area contributed by atoms with E-state index >= 15 is 0 Å². The van der Waals surface area contributed by atoms with Crippen molar-refractivity contribution < 1.29 is 9.90 Å². The molecule has 0 saturated carbocycles. The molecule has 0 aliphatic carbocycles. The van der Waals surface area contributed by atoms with Gasteiger partial charge in [-0.3, -0.25) is 4.79 Å². The number of hydrogen-bond acceptors (Lipinski definition) is 4. The molecular formula is C15H22N2O2S. The van der Waals surface area contributed by atoms with Crippen molar-refractivity contribution in [3.8, 4) is 5.75 Å². The number of likely N-dealkylation sites (N-methyl/N-ethyl adjacent to an activating group) is 1. The molecular weight excluding hydrogens is 272 g/mol. The summed E-state index contributed by atoms with van der Waals surface area (Å²) in [5.74, 6) is 2.29. The summed E-state index contributed by atoms with van der Waals surface area (Å²) in [7, 11) is 0. The maximum absolute atomic E-state index is 12.6. The maximum Gasteiger partial charge on any atom is 0.241 e. The zero-order chi connectivity index (χ0) is 14.5. The molecule has 1 saturated heterocycles. The zero-order valence-corrected chi connectivity index (χ0v) is 12.8. The van der Waals surface area contributed by atoms with Gasteiger partial charge in [0.1, 0.15) is 5.75 Å². The first-order valence-electron chi connectivity index (χ1n) is 7.04. The second-order valence-corrected chi connectivity index (χ2v) is 6.13. The monoisotopic (exact) mass is 294 g/mol.